The van der Waals surface area contributed by atoms with Crippen molar-refractivity contribution < 1.29 is 19.4 Å². The number of nitrogens with one attached hydrogen (secondary N) is 1. The number of urea groups is 1. The van der Waals surface area contributed by atoms with Gasteiger partial charge in [0.15, 0.2) is 0 Å². The predicted molar refractivity (Wildman–Crippen MR) is 57.2 cm³/mol. The summed E-state index contributed by atoms with van der Waals surface area (Å²) in [5, 5.41) is 11.1. The number of carboxylic acid groups (broad SMARTS) is 1. The molecular formula is C10H18N2O4. The van der Waals surface area contributed by atoms with Gasteiger partial charge in [0, 0.05) is 6.54 Å². The van der Waals surface area contributed by atoms with Gasteiger partial charge in [-0.1, -0.05) is 0 Å². The van der Waals surface area contributed by atoms with E-state index in [4.69, 9.17) is 9.84 Å². The Bertz CT molecular complexity index is 291. The van der Waals surface area contributed by atoms with Crippen molar-refractivity contribution in [1.29, 1.82) is 0 Å². The van der Waals surface area contributed by atoms with Gasteiger partial charge >= 0.3 is 12.0 Å². The first-order valence-corrected chi connectivity index (χ1v) is 5.23. The Morgan fingerprint density at radius 1 is 1.50 bits per heavy atom. The highest BCUT2D eigenvalue weighted by molar-refractivity contribution is 5.82. The van der Waals surface area contributed by atoms with Crippen LogP contribution in [0.5, 0.6) is 0 Å². The molecule has 6 heteroatoms. The zero-order chi connectivity index (χ0) is 12.3. The van der Waals surface area contributed by atoms with E-state index in [-0.39, 0.29) is 6.03 Å². The molecule has 0 bridgehead atoms. The predicted octanol–water partition coefficient (Wildman–Crippen LogP) is 0.280. The Hall–Kier alpha value is -1.30. The highest BCUT2D eigenvalue weighted by Gasteiger charge is 2.34. The smallest absolute Gasteiger partial charge is 0.325 e. The van der Waals surface area contributed by atoms with Gasteiger partial charge in [0.25, 0.3) is 0 Å². The summed E-state index contributed by atoms with van der Waals surface area (Å²) < 4.78 is 5.28. The van der Waals surface area contributed by atoms with Crippen molar-refractivity contribution >= 4 is 12.0 Å². The van der Waals surface area contributed by atoms with E-state index in [2.05, 4.69) is 5.32 Å². The van der Waals surface area contributed by atoms with E-state index in [0.717, 1.165) is 0 Å². The number of ether oxygens (including phenoxy) is 1. The lowest BCUT2D eigenvalue weighted by Crippen LogP contribution is -2.59. The number of carboxylic acids is 1. The van der Waals surface area contributed by atoms with Crippen molar-refractivity contribution in [3.8, 4) is 0 Å². The van der Waals surface area contributed by atoms with Crippen LogP contribution in [0.15, 0.2) is 0 Å². The number of hydrogen-bond donors (Lipinski definition) is 2. The summed E-state index contributed by atoms with van der Waals surface area (Å²) in [6.45, 7) is 6.63. The first kappa shape index (κ1) is 12.8. The van der Waals surface area contributed by atoms with Crippen molar-refractivity contribution in [1.82, 2.24) is 10.2 Å². The van der Waals surface area contributed by atoms with Gasteiger partial charge in [0.2, 0.25) is 0 Å². The third kappa shape index (κ3) is 2.85. The van der Waals surface area contributed by atoms with Gasteiger partial charge in [-0.2, -0.15) is 0 Å². The molecule has 1 aliphatic rings. The maximum Gasteiger partial charge on any atom is 0.325 e. The highest BCUT2D eigenvalue weighted by atomic mass is 16.5. The molecule has 2 amide bonds. The number of hydrogen-bond acceptors (Lipinski definition) is 3. The molecule has 1 heterocycles. The summed E-state index contributed by atoms with van der Waals surface area (Å²) >= 11 is 0. The van der Waals surface area contributed by atoms with Crippen molar-refractivity contribution in [2.75, 3.05) is 19.8 Å². The lowest BCUT2D eigenvalue weighted by molar-refractivity contribution is -0.138. The van der Waals surface area contributed by atoms with E-state index in [0.29, 0.717) is 19.8 Å². The molecule has 0 unspecified atom stereocenters. The van der Waals surface area contributed by atoms with Gasteiger partial charge in [-0.3, -0.25) is 4.79 Å². The van der Waals surface area contributed by atoms with Gasteiger partial charge < -0.3 is 20.1 Å². The molecule has 1 saturated heterocycles. The van der Waals surface area contributed by atoms with Crippen LogP contribution in [-0.2, 0) is 9.53 Å². The molecule has 2 N–H and O–H groups in total. The van der Waals surface area contributed by atoms with E-state index in [1.165, 1.54) is 6.92 Å². The maximum absolute atomic E-state index is 11.8. The molecule has 0 aromatic rings. The van der Waals surface area contributed by atoms with Crippen molar-refractivity contribution in [3.63, 3.8) is 0 Å². The third-order valence-corrected chi connectivity index (χ3v) is 2.60. The Labute approximate surface area is 94.6 Å². The number of carbonyl (C=O) groups excluding carboxylic acids is 1. The SMILES string of the molecule is C[C@H](NC(=O)N1CCOCC1(C)C)C(=O)O. The molecule has 1 fully saturated rings. The largest absolute Gasteiger partial charge is 0.480 e. The van der Waals surface area contributed by atoms with Crippen LogP contribution in [-0.4, -0.2) is 53.3 Å². The van der Waals surface area contributed by atoms with E-state index in [1.807, 2.05) is 13.8 Å². The second-order valence-corrected chi connectivity index (χ2v) is 4.53. The molecule has 1 rings (SSSR count). The fourth-order valence-electron chi connectivity index (χ4n) is 1.56. The normalized spacial score (nSPS) is 21.3. The molecular weight excluding hydrogens is 212 g/mol. The van der Waals surface area contributed by atoms with Crippen LogP contribution < -0.4 is 5.32 Å². The molecule has 6 nitrogen and oxygen atoms in total. The third-order valence-electron chi connectivity index (χ3n) is 2.60. The number of amides is 2. The molecule has 1 atom stereocenters. The Kier molecular flexibility index (Phi) is 3.74. The van der Waals surface area contributed by atoms with Gasteiger partial charge in [0.05, 0.1) is 18.8 Å². The molecule has 0 spiro atoms. The Balaban J connectivity index is 2.62. The maximum atomic E-state index is 11.8. The average Bonchev–Trinajstić information content (AvgIpc) is 2.16. The standard InChI is InChI=1S/C10H18N2O4/c1-7(8(13)14)11-9(15)12-4-5-16-6-10(12,2)3/h7H,4-6H2,1-3H3,(H,11,15)(H,13,14)/t7-/m0/s1. The molecule has 0 aliphatic carbocycles. The molecule has 1 aliphatic heterocycles. The minimum atomic E-state index is -1.04. The van der Waals surface area contributed by atoms with Crippen molar-refractivity contribution in [2.24, 2.45) is 0 Å². The quantitative estimate of drug-likeness (QED) is 0.714. The van der Waals surface area contributed by atoms with E-state index in [9.17, 15) is 9.59 Å². The van der Waals surface area contributed by atoms with Crippen LogP contribution in [0.2, 0.25) is 0 Å². The molecule has 16 heavy (non-hydrogen) atoms. The summed E-state index contributed by atoms with van der Waals surface area (Å²) in [6, 6.07) is -1.24. The lowest BCUT2D eigenvalue weighted by atomic mass is 10.0. The highest BCUT2D eigenvalue weighted by Crippen LogP contribution is 2.18. The zero-order valence-electron chi connectivity index (χ0n) is 9.82. The van der Waals surface area contributed by atoms with E-state index < -0.39 is 17.6 Å². The van der Waals surface area contributed by atoms with Gasteiger partial charge in [-0.15, -0.1) is 0 Å². The van der Waals surface area contributed by atoms with Crippen LogP contribution in [0.25, 0.3) is 0 Å². The molecule has 0 aromatic carbocycles. The molecule has 0 aromatic heterocycles. The second kappa shape index (κ2) is 4.69. The Morgan fingerprint density at radius 2 is 2.12 bits per heavy atom. The number of carbonyl (C=O) groups is 2. The summed E-state index contributed by atoms with van der Waals surface area (Å²) in [4.78, 5) is 24.1. The lowest BCUT2D eigenvalue weighted by Gasteiger charge is -2.42. The van der Waals surface area contributed by atoms with Crippen LogP contribution in [0.1, 0.15) is 20.8 Å². The second-order valence-electron chi connectivity index (χ2n) is 4.53. The average molecular weight is 230 g/mol. The fourth-order valence-corrected chi connectivity index (χ4v) is 1.56. The van der Waals surface area contributed by atoms with E-state index in [1.54, 1.807) is 4.90 Å². The number of aliphatic carboxylic acids is 1. The van der Waals surface area contributed by atoms with Crippen LogP contribution in [0.3, 0.4) is 0 Å². The first-order valence-electron chi connectivity index (χ1n) is 5.23. The molecule has 92 valence electrons. The van der Waals surface area contributed by atoms with Crippen molar-refractivity contribution in [3.05, 3.63) is 0 Å². The summed E-state index contributed by atoms with van der Waals surface area (Å²) in [7, 11) is 0. The summed E-state index contributed by atoms with van der Waals surface area (Å²) in [6.07, 6.45) is 0. The van der Waals surface area contributed by atoms with Gasteiger partial charge in [-0.25, -0.2) is 4.79 Å². The molecule has 0 saturated carbocycles. The van der Waals surface area contributed by atoms with Gasteiger partial charge in [-0.05, 0) is 20.8 Å². The molecule has 0 radical (unpaired) electrons. The van der Waals surface area contributed by atoms with Crippen LogP contribution in [0.4, 0.5) is 4.79 Å². The summed E-state index contributed by atoms with van der Waals surface area (Å²) in [5.41, 5.74) is -0.402. The van der Waals surface area contributed by atoms with Crippen LogP contribution >= 0.6 is 0 Å². The van der Waals surface area contributed by atoms with Crippen LogP contribution in [0, 0.1) is 0 Å². The number of rotatable bonds is 2. The minimum absolute atomic E-state index is 0.358. The first-order chi connectivity index (χ1) is 7.34. The fraction of sp³-hybridized carbons (Fsp3) is 0.800. The Morgan fingerprint density at radius 3 is 2.62 bits per heavy atom. The van der Waals surface area contributed by atoms with Gasteiger partial charge in [0.1, 0.15) is 6.04 Å². The number of nitrogens with zero attached hydrogens (tertiary/aromatic N) is 1. The zero-order valence-corrected chi connectivity index (χ0v) is 9.82. The minimum Gasteiger partial charge on any atom is -0.480 e. The van der Waals surface area contributed by atoms with E-state index >= 15 is 0 Å². The topological polar surface area (TPSA) is 78.9 Å². The number of morpholine rings is 1. The van der Waals surface area contributed by atoms with Crippen molar-refractivity contribution in [2.45, 2.75) is 32.4 Å². The monoisotopic (exact) mass is 230 g/mol. The summed E-state index contributed by atoms with van der Waals surface area (Å²) in [5.74, 6) is -1.04.